The molecule has 3 rings (SSSR count). The molecule has 1 aromatic rings. The molecule has 1 amide bonds. The monoisotopic (exact) mass is 353 g/mol. The van der Waals surface area contributed by atoms with Gasteiger partial charge in [0.25, 0.3) is 0 Å². The second kappa shape index (κ2) is 9.35. The minimum Gasteiger partial charge on any atom is -0.378 e. The summed E-state index contributed by atoms with van der Waals surface area (Å²) in [5, 5.41) is 3.43. The van der Waals surface area contributed by atoms with Crippen molar-refractivity contribution in [2.24, 2.45) is 5.92 Å². The third-order valence-electron chi connectivity index (χ3n) is 4.76. The number of carbonyl (C=O) groups excluding carboxylic acids is 1. The molecule has 0 bridgehead atoms. The minimum atomic E-state index is 0. The standard InChI is InChI=1S/C18H27N3O2.ClH/c1-2-23-17-12-16(17)18(22)21(13-14-6-3-4-10-20-14)15-7-5-9-19-11-8-15;/h3-4,6,10,15-17,19H,2,5,7-9,11-13H2,1H3;1H. The highest BCUT2D eigenvalue weighted by atomic mass is 35.5. The molecule has 2 fully saturated rings. The predicted molar refractivity (Wildman–Crippen MR) is 96.1 cm³/mol. The first kappa shape index (κ1) is 19.2. The maximum absolute atomic E-state index is 13.0. The number of carbonyl (C=O) groups is 1. The Morgan fingerprint density at radius 2 is 2.25 bits per heavy atom. The molecule has 5 nitrogen and oxygen atoms in total. The summed E-state index contributed by atoms with van der Waals surface area (Å²) in [5.74, 6) is 0.302. The summed E-state index contributed by atoms with van der Waals surface area (Å²) in [6.07, 6.45) is 6.00. The molecule has 1 aromatic heterocycles. The Morgan fingerprint density at radius 3 is 3.00 bits per heavy atom. The molecular formula is C18H28ClN3O2. The van der Waals surface area contributed by atoms with Gasteiger partial charge in [0.2, 0.25) is 5.91 Å². The van der Waals surface area contributed by atoms with Crippen LogP contribution in [0.2, 0.25) is 0 Å². The van der Waals surface area contributed by atoms with E-state index in [4.69, 9.17) is 4.74 Å². The van der Waals surface area contributed by atoms with Crippen molar-refractivity contribution in [3.8, 4) is 0 Å². The molecular weight excluding hydrogens is 326 g/mol. The maximum atomic E-state index is 13.0. The maximum Gasteiger partial charge on any atom is 0.229 e. The van der Waals surface area contributed by atoms with Crippen molar-refractivity contribution < 1.29 is 9.53 Å². The predicted octanol–water partition coefficient (Wildman–Crippen LogP) is 2.40. The lowest BCUT2D eigenvalue weighted by atomic mass is 10.1. The van der Waals surface area contributed by atoms with Crippen LogP contribution in [0.1, 0.15) is 38.3 Å². The normalized spacial score (nSPS) is 26.1. The summed E-state index contributed by atoms with van der Waals surface area (Å²) in [4.78, 5) is 19.5. The Hall–Kier alpha value is -1.17. The number of rotatable bonds is 6. The third-order valence-corrected chi connectivity index (χ3v) is 4.76. The number of amides is 1. The number of nitrogens with zero attached hydrogens (tertiary/aromatic N) is 2. The fourth-order valence-corrected chi connectivity index (χ4v) is 3.41. The average molecular weight is 354 g/mol. The molecule has 0 radical (unpaired) electrons. The van der Waals surface area contributed by atoms with Gasteiger partial charge in [-0.25, -0.2) is 0 Å². The molecule has 24 heavy (non-hydrogen) atoms. The number of nitrogens with one attached hydrogen (secondary N) is 1. The molecule has 1 saturated carbocycles. The van der Waals surface area contributed by atoms with Crippen molar-refractivity contribution in [2.75, 3.05) is 19.7 Å². The Kier molecular flexibility index (Phi) is 7.46. The van der Waals surface area contributed by atoms with Crippen LogP contribution in [-0.2, 0) is 16.1 Å². The van der Waals surface area contributed by atoms with E-state index >= 15 is 0 Å². The van der Waals surface area contributed by atoms with Crippen LogP contribution >= 0.6 is 12.4 Å². The van der Waals surface area contributed by atoms with Crippen molar-refractivity contribution in [2.45, 2.75) is 51.3 Å². The van der Waals surface area contributed by atoms with E-state index in [0.29, 0.717) is 19.2 Å². The van der Waals surface area contributed by atoms with Crippen molar-refractivity contribution in [3.05, 3.63) is 30.1 Å². The molecule has 6 heteroatoms. The summed E-state index contributed by atoms with van der Waals surface area (Å²) in [7, 11) is 0. The van der Waals surface area contributed by atoms with E-state index in [-0.39, 0.29) is 30.3 Å². The Morgan fingerprint density at radius 1 is 1.38 bits per heavy atom. The number of ether oxygens (including phenoxy) is 1. The third kappa shape index (κ3) is 4.91. The first-order chi connectivity index (χ1) is 11.3. The van der Waals surface area contributed by atoms with Crippen molar-refractivity contribution in [1.29, 1.82) is 0 Å². The van der Waals surface area contributed by atoms with Gasteiger partial charge in [-0.05, 0) is 57.8 Å². The number of aromatic nitrogens is 1. The van der Waals surface area contributed by atoms with Crippen LogP contribution in [0.25, 0.3) is 0 Å². The summed E-state index contributed by atoms with van der Waals surface area (Å²) in [5.41, 5.74) is 0.965. The lowest BCUT2D eigenvalue weighted by Gasteiger charge is -2.31. The van der Waals surface area contributed by atoms with Crippen LogP contribution < -0.4 is 5.32 Å². The molecule has 3 unspecified atom stereocenters. The lowest BCUT2D eigenvalue weighted by molar-refractivity contribution is -0.137. The van der Waals surface area contributed by atoms with Gasteiger partial charge >= 0.3 is 0 Å². The largest absolute Gasteiger partial charge is 0.378 e. The first-order valence-corrected chi connectivity index (χ1v) is 8.82. The fourth-order valence-electron chi connectivity index (χ4n) is 3.41. The molecule has 0 aromatic carbocycles. The van der Waals surface area contributed by atoms with Crippen molar-refractivity contribution >= 4 is 18.3 Å². The molecule has 3 atom stereocenters. The number of hydrogen-bond donors (Lipinski definition) is 1. The summed E-state index contributed by atoms with van der Waals surface area (Å²) < 4.78 is 5.62. The van der Waals surface area contributed by atoms with Crippen LogP contribution in [0.5, 0.6) is 0 Å². The molecule has 1 aliphatic carbocycles. The highest BCUT2D eigenvalue weighted by Gasteiger charge is 2.47. The van der Waals surface area contributed by atoms with E-state index in [0.717, 1.165) is 44.5 Å². The van der Waals surface area contributed by atoms with Crippen LogP contribution in [0.3, 0.4) is 0 Å². The zero-order valence-electron chi connectivity index (χ0n) is 14.3. The van der Waals surface area contributed by atoms with Crippen LogP contribution in [0.4, 0.5) is 0 Å². The zero-order valence-corrected chi connectivity index (χ0v) is 15.1. The molecule has 2 aliphatic rings. The van der Waals surface area contributed by atoms with Gasteiger partial charge < -0.3 is 15.0 Å². The van der Waals surface area contributed by atoms with E-state index in [1.807, 2.05) is 25.1 Å². The molecule has 134 valence electrons. The van der Waals surface area contributed by atoms with Crippen LogP contribution in [0, 0.1) is 5.92 Å². The second-order valence-corrected chi connectivity index (χ2v) is 6.46. The molecule has 2 heterocycles. The second-order valence-electron chi connectivity index (χ2n) is 6.46. The van der Waals surface area contributed by atoms with Gasteiger partial charge in [-0.15, -0.1) is 12.4 Å². The highest BCUT2D eigenvalue weighted by molar-refractivity contribution is 5.85. The van der Waals surface area contributed by atoms with E-state index in [1.165, 1.54) is 0 Å². The Bertz CT molecular complexity index is 506. The number of pyridine rings is 1. The van der Waals surface area contributed by atoms with E-state index < -0.39 is 0 Å². The zero-order chi connectivity index (χ0) is 16.1. The topological polar surface area (TPSA) is 54.5 Å². The Labute approximate surface area is 150 Å². The molecule has 1 aliphatic heterocycles. The SMILES string of the molecule is CCOC1CC1C(=O)N(Cc1ccccn1)C1CCCNCC1.Cl. The van der Waals surface area contributed by atoms with Gasteiger partial charge in [-0.1, -0.05) is 6.07 Å². The number of hydrogen-bond acceptors (Lipinski definition) is 4. The highest BCUT2D eigenvalue weighted by Crippen LogP contribution is 2.36. The first-order valence-electron chi connectivity index (χ1n) is 8.82. The molecule has 1 N–H and O–H groups in total. The molecule has 0 spiro atoms. The van der Waals surface area contributed by atoms with Gasteiger partial charge in [0.15, 0.2) is 0 Å². The fraction of sp³-hybridized carbons (Fsp3) is 0.667. The van der Waals surface area contributed by atoms with Gasteiger partial charge in [0, 0.05) is 18.8 Å². The number of halogens is 1. The van der Waals surface area contributed by atoms with Gasteiger partial charge in [-0.2, -0.15) is 0 Å². The minimum absolute atomic E-state index is 0. The van der Waals surface area contributed by atoms with Gasteiger partial charge in [0.1, 0.15) is 0 Å². The summed E-state index contributed by atoms with van der Waals surface area (Å²) >= 11 is 0. The smallest absolute Gasteiger partial charge is 0.229 e. The van der Waals surface area contributed by atoms with E-state index in [2.05, 4.69) is 15.2 Å². The average Bonchev–Trinajstić information content (AvgIpc) is 3.37. The van der Waals surface area contributed by atoms with Crippen LogP contribution in [-0.4, -0.2) is 47.6 Å². The summed E-state index contributed by atoms with van der Waals surface area (Å²) in [6, 6.07) is 6.21. The van der Waals surface area contributed by atoms with Gasteiger partial charge in [-0.3, -0.25) is 9.78 Å². The van der Waals surface area contributed by atoms with E-state index in [1.54, 1.807) is 6.20 Å². The van der Waals surface area contributed by atoms with Crippen molar-refractivity contribution in [3.63, 3.8) is 0 Å². The summed E-state index contributed by atoms with van der Waals surface area (Å²) in [6.45, 7) is 5.31. The molecule has 1 saturated heterocycles. The van der Waals surface area contributed by atoms with Crippen molar-refractivity contribution in [1.82, 2.24) is 15.2 Å². The Balaban J connectivity index is 0.00000208. The van der Waals surface area contributed by atoms with Crippen LogP contribution in [0.15, 0.2) is 24.4 Å². The van der Waals surface area contributed by atoms with Gasteiger partial charge in [0.05, 0.1) is 24.3 Å². The lowest BCUT2D eigenvalue weighted by Crippen LogP contribution is -2.42. The van der Waals surface area contributed by atoms with E-state index in [9.17, 15) is 4.79 Å². The quantitative estimate of drug-likeness (QED) is 0.853.